The van der Waals surface area contributed by atoms with Gasteiger partial charge in [0.25, 0.3) is 11.6 Å². The van der Waals surface area contributed by atoms with Gasteiger partial charge in [0.2, 0.25) is 0 Å². The van der Waals surface area contributed by atoms with Gasteiger partial charge in [-0.25, -0.2) is 0 Å². The third-order valence-electron chi connectivity index (χ3n) is 2.73. The van der Waals surface area contributed by atoms with Crippen LogP contribution in [0.15, 0.2) is 46.9 Å². The first-order valence-corrected chi connectivity index (χ1v) is 7.76. The van der Waals surface area contributed by atoms with Crippen molar-refractivity contribution in [2.45, 2.75) is 0 Å². The van der Waals surface area contributed by atoms with Crippen molar-refractivity contribution in [3.05, 3.63) is 67.6 Å². The number of rotatable bonds is 3. The van der Waals surface area contributed by atoms with E-state index in [1.807, 2.05) is 0 Å². The molecule has 0 heterocycles. The third-order valence-corrected chi connectivity index (χ3v) is 3.82. The summed E-state index contributed by atoms with van der Waals surface area (Å²) in [6.07, 6.45) is 0. The van der Waals surface area contributed by atoms with E-state index < -0.39 is 10.8 Å². The van der Waals surface area contributed by atoms with Crippen LogP contribution in [0.5, 0.6) is 0 Å². The lowest BCUT2D eigenvalue weighted by molar-refractivity contribution is -0.384. The van der Waals surface area contributed by atoms with Crippen LogP contribution in [-0.4, -0.2) is 15.9 Å². The van der Waals surface area contributed by atoms with Crippen LogP contribution in [0.1, 0.15) is 10.4 Å². The van der Waals surface area contributed by atoms with Gasteiger partial charge in [0, 0.05) is 27.2 Å². The van der Waals surface area contributed by atoms with E-state index in [0.717, 1.165) is 0 Å². The summed E-state index contributed by atoms with van der Waals surface area (Å²) in [4.78, 5) is 22.2. The predicted molar refractivity (Wildman–Crippen MR) is 95.9 cm³/mol. The molecule has 2 aromatic carbocycles. The van der Waals surface area contributed by atoms with Crippen LogP contribution in [0.4, 0.5) is 11.4 Å². The minimum atomic E-state index is -0.506. The molecule has 9 heteroatoms. The van der Waals surface area contributed by atoms with Crippen LogP contribution in [0.3, 0.4) is 0 Å². The molecule has 0 saturated carbocycles. The van der Waals surface area contributed by atoms with Gasteiger partial charge in [-0.15, -0.1) is 0 Å². The molecule has 2 aromatic rings. The molecule has 0 unspecified atom stereocenters. The van der Waals surface area contributed by atoms with Crippen LogP contribution >= 0.6 is 39.7 Å². The van der Waals surface area contributed by atoms with Gasteiger partial charge in [-0.2, -0.15) is 0 Å². The van der Waals surface area contributed by atoms with Crippen LogP contribution in [0, 0.1) is 10.1 Å². The minimum absolute atomic E-state index is 0.0590. The summed E-state index contributed by atoms with van der Waals surface area (Å²) >= 11 is 14.1. The molecule has 23 heavy (non-hydrogen) atoms. The zero-order valence-corrected chi connectivity index (χ0v) is 14.5. The zero-order chi connectivity index (χ0) is 17.0. The van der Waals surface area contributed by atoms with Crippen molar-refractivity contribution >= 4 is 62.1 Å². The van der Waals surface area contributed by atoms with Crippen LogP contribution in [0.25, 0.3) is 0 Å². The molecule has 2 N–H and O–H groups in total. The topological polar surface area (TPSA) is 84.3 Å². The van der Waals surface area contributed by atoms with E-state index in [-0.39, 0.29) is 10.8 Å². The molecule has 0 aliphatic heterocycles. The molecule has 0 radical (unpaired) electrons. The Morgan fingerprint density at radius 3 is 2.61 bits per heavy atom. The van der Waals surface area contributed by atoms with Crippen molar-refractivity contribution in [2.24, 2.45) is 0 Å². The summed E-state index contributed by atoms with van der Waals surface area (Å²) in [6, 6.07) is 10.6. The second kappa shape index (κ2) is 7.49. The van der Waals surface area contributed by atoms with Crippen LogP contribution in [-0.2, 0) is 0 Å². The average Bonchev–Trinajstić information content (AvgIpc) is 2.49. The van der Waals surface area contributed by atoms with Crippen LogP contribution in [0.2, 0.25) is 5.02 Å². The predicted octanol–water partition coefficient (Wildman–Crippen LogP) is 4.14. The van der Waals surface area contributed by atoms with Crippen molar-refractivity contribution in [3.63, 3.8) is 0 Å². The number of nitrogens with one attached hydrogen (secondary N) is 2. The first-order chi connectivity index (χ1) is 10.9. The van der Waals surface area contributed by atoms with Gasteiger partial charge in [0.1, 0.15) is 0 Å². The lowest BCUT2D eigenvalue weighted by Gasteiger charge is -2.11. The minimum Gasteiger partial charge on any atom is -0.331 e. The van der Waals surface area contributed by atoms with Crippen molar-refractivity contribution in [1.29, 1.82) is 0 Å². The smallest absolute Gasteiger partial charge is 0.270 e. The quantitative estimate of drug-likeness (QED) is 0.448. The number of carbonyl (C=O) groups is 1. The highest BCUT2D eigenvalue weighted by atomic mass is 79.9. The standard InChI is InChI=1S/C14H9BrClN3O3S/c15-11-7-10(19(21)22)4-5-12(11)17-14(23)18-13(20)8-2-1-3-9(16)6-8/h1-7H,(H2,17,18,20,23). The molecule has 0 aliphatic rings. The van der Waals surface area contributed by atoms with Crippen molar-refractivity contribution in [3.8, 4) is 0 Å². The Kier molecular flexibility index (Phi) is 5.64. The van der Waals surface area contributed by atoms with Gasteiger partial charge >= 0.3 is 0 Å². The third kappa shape index (κ3) is 4.72. The summed E-state index contributed by atoms with van der Waals surface area (Å²) in [5, 5.41) is 16.5. The van der Waals surface area contributed by atoms with Crippen molar-refractivity contribution < 1.29 is 9.72 Å². The second-order valence-electron chi connectivity index (χ2n) is 4.34. The van der Waals surface area contributed by atoms with Gasteiger partial charge in [-0.05, 0) is 52.4 Å². The zero-order valence-electron chi connectivity index (χ0n) is 11.4. The number of nitrogens with zero attached hydrogens (tertiary/aromatic N) is 1. The number of hydrogen-bond acceptors (Lipinski definition) is 4. The number of carbonyl (C=O) groups excluding carboxylic acids is 1. The Balaban J connectivity index is 2.05. The number of thiocarbonyl (C=S) groups is 1. The van der Waals surface area contributed by atoms with Gasteiger partial charge in [-0.3, -0.25) is 20.2 Å². The fraction of sp³-hybridized carbons (Fsp3) is 0. The number of nitro benzene ring substituents is 1. The van der Waals surface area contributed by atoms with E-state index in [4.69, 9.17) is 23.8 Å². The average molecular weight is 415 g/mol. The number of anilines is 1. The Bertz CT molecular complexity index is 801. The Hall–Kier alpha value is -2.03. The molecule has 1 amide bonds. The number of amides is 1. The number of halogens is 2. The van der Waals surface area contributed by atoms with Gasteiger partial charge < -0.3 is 5.32 Å². The molecule has 0 aliphatic carbocycles. The van der Waals surface area contributed by atoms with Gasteiger partial charge in [0.15, 0.2) is 5.11 Å². The first-order valence-electron chi connectivity index (χ1n) is 6.18. The fourth-order valence-corrected chi connectivity index (χ4v) is 2.54. The van der Waals surface area contributed by atoms with E-state index in [9.17, 15) is 14.9 Å². The van der Waals surface area contributed by atoms with Crippen LogP contribution < -0.4 is 10.6 Å². The van der Waals surface area contributed by atoms with Gasteiger partial charge in [-0.1, -0.05) is 17.7 Å². The monoisotopic (exact) mass is 413 g/mol. The first kappa shape index (κ1) is 17.3. The molecule has 0 saturated heterocycles. The molecule has 0 atom stereocenters. The van der Waals surface area contributed by atoms with E-state index in [0.29, 0.717) is 20.7 Å². The molecule has 0 bridgehead atoms. The highest BCUT2D eigenvalue weighted by molar-refractivity contribution is 9.10. The lowest BCUT2D eigenvalue weighted by atomic mass is 10.2. The largest absolute Gasteiger partial charge is 0.331 e. The maximum atomic E-state index is 12.0. The molecule has 0 spiro atoms. The molecule has 6 nitrogen and oxygen atoms in total. The summed E-state index contributed by atoms with van der Waals surface area (Å²) in [5.41, 5.74) is 0.799. The maximum Gasteiger partial charge on any atom is 0.270 e. The molecule has 118 valence electrons. The highest BCUT2D eigenvalue weighted by Crippen LogP contribution is 2.27. The molecule has 2 rings (SSSR count). The van der Waals surface area contributed by atoms with Gasteiger partial charge in [0.05, 0.1) is 10.6 Å². The summed E-state index contributed by atoms with van der Waals surface area (Å²) in [6.45, 7) is 0. The summed E-state index contributed by atoms with van der Waals surface area (Å²) in [5.74, 6) is -0.414. The number of benzene rings is 2. The van der Waals surface area contributed by atoms with E-state index in [2.05, 4.69) is 26.6 Å². The lowest BCUT2D eigenvalue weighted by Crippen LogP contribution is -2.34. The highest BCUT2D eigenvalue weighted by Gasteiger charge is 2.12. The fourth-order valence-electron chi connectivity index (χ4n) is 1.68. The number of hydrogen-bond donors (Lipinski definition) is 2. The maximum absolute atomic E-state index is 12.0. The van der Waals surface area contributed by atoms with E-state index in [1.54, 1.807) is 18.2 Å². The Labute approximate surface area is 150 Å². The van der Waals surface area contributed by atoms with E-state index in [1.165, 1.54) is 24.3 Å². The summed E-state index contributed by atoms with van der Waals surface area (Å²) in [7, 11) is 0. The molecular formula is C14H9BrClN3O3S. The molecule has 0 aromatic heterocycles. The van der Waals surface area contributed by atoms with Crippen molar-refractivity contribution in [1.82, 2.24) is 5.32 Å². The second-order valence-corrected chi connectivity index (χ2v) is 6.04. The Morgan fingerprint density at radius 2 is 2.00 bits per heavy atom. The Morgan fingerprint density at radius 1 is 1.26 bits per heavy atom. The SMILES string of the molecule is O=C(NC(=S)Nc1ccc([N+](=O)[O-])cc1Br)c1cccc(Cl)c1. The van der Waals surface area contributed by atoms with Crippen molar-refractivity contribution in [2.75, 3.05) is 5.32 Å². The van der Waals surface area contributed by atoms with E-state index >= 15 is 0 Å². The molecule has 0 fully saturated rings. The molecular weight excluding hydrogens is 406 g/mol. The number of nitro groups is 1. The summed E-state index contributed by atoms with van der Waals surface area (Å²) < 4.78 is 0.450. The normalized spacial score (nSPS) is 10.0. The number of non-ortho nitro benzene ring substituents is 1.